The van der Waals surface area contributed by atoms with Gasteiger partial charge in [-0.2, -0.15) is 18.3 Å². The summed E-state index contributed by atoms with van der Waals surface area (Å²) in [5, 5.41) is 25.9. The Bertz CT molecular complexity index is 711. The van der Waals surface area contributed by atoms with Crippen molar-refractivity contribution in [1.82, 2.24) is 0 Å². The van der Waals surface area contributed by atoms with Crippen molar-refractivity contribution in [2.24, 2.45) is 11.0 Å². The number of nitrogens with one attached hydrogen (secondary N) is 1. The highest BCUT2D eigenvalue weighted by Crippen LogP contribution is 2.41. The monoisotopic (exact) mass is 358 g/mol. The number of hydrazone groups is 1. The Kier molecular flexibility index (Phi) is 5.35. The minimum Gasteiger partial charge on any atom is -0.266 e. The molecule has 0 amide bonds. The molecule has 8 nitrogen and oxygen atoms in total. The van der Waals surface area contributed by atoms with E-state index in [1.54, 1.807) is 0 Å². The summed E-state index contributed by atoms with van der Waals surface area (Å²) < 4.78 is 38.4. The van der Waals surface area contributed by atoms with Gasteiger partial charge in [-0.1, -0.05) is 12.2 Å². The fraction of sp³-hybridized carbons (Fsp3) is 0.357. The molecule has 0 spiro atoms. The SMILES string of the molecule is O=[N+]([O-])c1cc(C(F)(F)F)cc([N+](=O)[O-])c1N/N=C\[C@H]1CC=CCC1. The Labute approximate surface area is 139 Å². The Hall–Kier alpha value is -2.98. The van der Waals surface area contributed by atoms with Gasteiger partial charge >= 0.3 is 17.6 Å². The highest BCUT2D eigenvalue weighted by molar-refractivity contribution is 5.76. The Morgan fingerprint density at radius 2 is 1.76 bits per heavy atom. The first-order chi connectivity index (χ1) is 11.7. The van der Waals surface area contributed by atoms with Crippen LogP contribution >= 0.6 is 0 Å². The van der Waals surface area contributed by atoms with E-state index < -0.39 is 38.6 Å². The third-order valence-electron chi connectivity index (χ3n) is 3.59. The molecular formula is C14H13F3N4O4. The molecule has 134 valence electrons. The standard InChI is InChI=1S/C14H13F3N4O4/c15-14(16,17)10-6-11(20(22)23)13(12(7-10)21(24)25)19-18-8-9-4-2-1-3-5-9/h1-2,6-9,19H,3-5H2/b18-8-/t9-/m0/s1. The molecular weight excluding hydrogens is 345 g/mol. The lowest BCUT2D eigenvalue weighted by atomic mass is 9.96. The molecule has 1 aliphatic rings. The largest absolute Gasteiger partial charge is 0.416 e. The van der Waals surface area contributed by atoms with E-state index in [1.807, 2.05) is 12.2 Å². The van der Waals surface area contributed by atoms with Crippen LogP contribution in [0.5, 0.6) is 0 Å². The van der Waals surface area contributed by atoms with Gasteiger partial charge in [0.05, 0.1) is 15.4 Å². The average Bonchev–Trinajstić information content (AvgIpc) is 2.54. The topological polar surface area (TPSA) is 111 Å². The van der Waals surface area contributed by atoms with Crippen molar-refractivity contribution in [2.45, 2.75) is 25.4 Å². The van der Waals surface area contributed by atoms with Gasteiger partial charge in [-0.05, 0) is 25.2 Å². The van der Waals surface area contributed by atoms with Gasteiger partial charge in [-0.15, -0.1) is 0 Å². The first-order valence-electron chi connectivity index (χ1n) is 7.18. The number of nitro benzene ring substituents is 2. The molecule has 1 aromatic rings. The van der Waals surface area contributed by atoms with Crippen molar-refractivity contribution in [3.8, 4) is 0 Å². The van der Waals surface area contributed by atoms with Crippen molar-refractivity contribution >= 4 is 23.3 Å². The maximum absolute atomic E-state index is 12.8. The number of allylic oxidation sites excluding steroid dienone is 2. The molecule has 0 aromatic heterocycles. The zero-order valence-electron chi connectivity index (χ0n) is 12.7. The van der Waals surface area contributed by atoms with Crippen LogP contribution in [0.4, 0.5) is 30.2 Å². The van der Waals surface area contributed by atoms with E-state index in [2.05, 4.69) is 10.5 Å². The van der Waals surface area contributed by atoms with Crippen molar-refractivity contribution in [3.05, 3.63) is 50.1 Å². The number of nitrogens with zero attached hydrogens (tertiary/aromatic N) is 3. The molecule has 0 unspecified atom stereocenters. The smallest absolute Gasteiger partial charge is 0.266 e. The van der Waals surface area contributed by atoms with E-state index in [1.165, 1.54) is 6.21 Å². The Balaban J connectivity index is 2.40. The summed E-state index contributed by atoms with van der Waals surface area (Å²) in [5.41, 5.74) is -2.13. The average molecular weight is 358 g/mol. The first-order valence-corrected chi connectivity index (χ1v) is 7.18. The Morgan fingerprint density at radius 3 is 2.20 bits per heavy atom. The summed E-state index contributed by atoms with van der Waals surface area (Å²) in [4.78, 5) is 19.9. The van der Waals surface area contributed by atoms with Gasteiger partial charge in [0.25, 0.3) is 0 Å². The van der Waals surface area contributed by atoms with Gasteiger partial charge in [-0.25, -0.2) is 0 Å². The van der Waals surface area contributed by atoms with Crippen LogP contribution in [0.1, 0.15) is 24.8 Å². The summed E-state index contributed by atoms with van der Waals surface area (Å²) >= 11 is 0. The van der Waals surface area contributed by atoms with Gasteiger partial charge < -0.3 is 0 Å². The van der Waals surface area contributed by atoms with E-state index in [0.29, 0.717) is 6.42 Å². The molecule has 1 N–H and O–H groups in total. The zero-order valence-corrected chi connectivity index (χ0v) is 12.7. The van der Waals surface area contributed by atoms with E-state index in [-0.39, 0.29) is 18.1 Å². The second-order valence-corrected chi connectivity index (χ2v) is 5.34. The maximum Gasteiger partial charge on any atom is 0.416 e. The predicted octanol–water partition coefficient (Wildman–Crippen LogP) is 4.28. The third kappa shape index (κ3) is 4.52. The summed E-state index contributed by atoms with van der Waals surface area (Å²) in [5.74, 6) is 0.0464. The molecule has 1 aliphatic carbocycles. The number of halogens is 3. The molecule has 0 bridgehead atoms. The lowest BCUT2D eigenvalue weighted by Crippen LogP contribution is -2.10. The first kappa shape index (κ1) is 18.4. The molecule has 0 saturated carbocycles. The van der Waals surface area contributed by atoms with Crippen LogP contribution in [0.15, 0.2) is 29.4 Å². The second kappa shape index (κ2) is 7.28. The normalized spacial score (nSPS) is 17.6. The minimum atomic E-state index is -4.95. The van der Waals surface area contributed by atoms with Crippen LogP contribution in [0.3, 0.4) is 0 Å². The van der Waals surface area contributed by atoms with E-state index in [4.69, 9.17) is 0 Å². The molecule has 2 rings (SSSR count). The van der Waals surface area contributed by atoms with Crippen molar-refractivity contribution in [2.75, 3.05) is 5.43 Å². The number of nitro groups is 2. The van der Waals surface area contributed by atoms with Gasteiger partial charge in [0, 0.05) is 18.3 Å². The summed E-state index contributed by atoms with van der Waals surface area (Å²) in [6.07, 6.45) is 2.73. The van der Waals surface area contributed by atoms with Crippen molar-refractivity contribution in [3.63, 3.8) is 0 Å². The van der Waals surface area contributed by atoms with Crippen LogP contribution in [0.2, 0.25) is 0 Å². The predicted molar refractivity (Wildman–Crippen MR) is 83.3 cm³/mol. The van der Waals surface area contributed by atoms with Crippen LogP contribution in [-0.2, 0) is 6.18 Å². The molecule has 11 heteroatoms. The molecule has 0 saturated heterocycles. The number of anilines is 1. The second-order valence-electron chi connectivity index (χ2n) is 5.34. The van der Waals surface area contributed by atoms with Crippen LogP contribution < -0.4 is 5.43 Å². The van der Waals surface area contributed by atoms with Gasteiger partial charge in [-0.3, -0.25) is 25.7 Å². The number of alkyl halides is 3. The molecule has 0 aliphatic heterocycles. The quantitative estimate of drug-likeness (QED) is 0.366. The molecule has 25 heavy (non-hydrogen) atoms. The third-order valence-corrected chi connectivity index (χ3v) is 3.59. The summed E-state index contributed by atoms with van der Waals surface area (Å²) in [7, 11) is 0. The molecule has 0 fully saturated rings. The van der Waals surface area contributed by atoms with E-state index in [0.717, 1.165) is 12.8 Å². The number of hydrogen-bond acceptors (Lipinski definition) is 6. The molecule has 1 atom stereocenters. The van der Waals surface area contributed by atoms with E-state index in [9.17, 15) is 33.4 Å². The van der Waals surface area contributed by atoms with Crippen LogP contribution in [-0.4, -0.2) is 16.1 Å². The molecule has 1 aromatic carbocycles. The summed E-state index contributed by atoms with van der Waals surface area (Å²) in [6.45, 7) is 0. The Morgan fingerprint density at radius 1 is 1.16 bits per heavy atom. The van der Waals surface area contributed by atoms with Crippen molar-refractivity contribution in [1.29, 1.82) is 0 Å². The minimum absolute atomic E-state index is 0.0464. The molecule has 0 radical (unpaired) electrons. The summed E-state index contributed by atoms with van der Waals surface area (Å²) in [6, 6.07) is 0.488. The maximum atomic E-state index is 12.8. The van der Waals surface area contributed by atoms with Gasteiger partial charge in [0.1, 0.15) is 0 Å². The van der Waals surface area contributed by atoms with Crippen molar-refractivity contribution < 1.29 is 23.0 Å². The van der Waals surface area contributed by atoms with Crippen LogP contribution in [0, 0.1) is 26.1 Å². The highest BCUT2D eigenvalue weighted by Gasteiger charge is 2.37. The fourth-order valence-corrected chi connectivity index (χ4v) is 2.34. The van der Waals surface area contributed by atoms with Crippen LogP contribution in [0.25, 0.3) is 0 Å². The number of hydrogen-bond donors (Lipinski definition) is 1. The number of rotatable bonds is 5. The zero-order chi connectivity index (χ0) is 18.6. The lowest BCUT2D eigenvalue weighted by Gasteiger charge is -2.12. The van der Waals surface area contributed by atoms with E-state index >= 15 is 0 Å². The number of benzene rings is 1. The van der Waals surface area contributed by atoms with Gasteiger partial charge in [0.15, 0.2) is 0 Å². The van der Waals surface area contributed by atoms with Gasteiger partial charge in [0.2, 0.25) is 5.69 Å². The molecule has 0 heterocycles. The highest BCUT2D eigenvalue weighted by atomic mass is 19.4. The lowest BCUT2D eigenvalue weighted by molar-refractivity contribution is -0.392. The fourth-order valence-electron chi connectivity index (χ4n) is 2.34.